The molecule has 0 bridgehead atoms. The molecule has 0 heterocycles. The lowest BCUT2D eigenvalue weighted by Gasteiger charge is -2.05. The highest BCUT2D eigenvalue weighted by Gasteiger charge is 2.34. The van der Waals surface area contributed by atoms with E-state index in [-0.39, 0.29) is 15.7 Å². The van der Waals surface area contributed by atoms with Gasteiger partial charge in [0.1, 0.15) is 10.0 Å². The van der Waals surface area contributed by atoms with Crippen molar-refractivity contribution < 1.29 is 30.4 Å². The molecule has 1 rings (SSSR count). The lowest BCUT2D eigenvalue weighted by molar-refractivity contribution is -0.137. The summed E-state index contributed by atoms with van der Waals surface area (Å²) in [4.78, 5) is 2.66. The molecule has 0 aliphatic carbocycles. The van der Waals surface area contributed by atoms with Crippen molar-refractivity contribution in [2.75, 3.05) is 0 Å². The van der Waals surface area contributed by atoms with Crippen LogP contribution in [0.4, 0.5) is 36.1 Å². The smallest absolute Gasteiger partial charge is 0.418 e. The molecule has 2 nitrogen and oxygen atoms in total. The van der Waals surface area contributed by atoms with E-state index in [9.17, 15) is 30.4 Å². The van der Waals surface area contributed by atoms with E-state index in [0.29, 0.717) is 12.1 Å². The van der Waals surface area contributed by atoms with Gasteiger partial charge in [-0.15, -0.1) is 0 Å². The molecule has 0 saturated heterocycles. The summed E-state index contributed by atoms with van der Waals surface area (Å²) in [6.07, 6.45) is -4.53. The first kappa shape index (κ1) is 17.8. The normalized spacial score (nSPS) is 11.4. The van der Waals surface area contributed by atoms with Gasteiger partial charge in [-0.2, -0.15) is 13.2 Å². The zero-order valence-electron chi connectivity index (χ0n) is 8.53. The number of halogens is 9. The number of diazo groups is 1. The van der Waals surface area contributed by atoms with Gasteiger partial charge in [0.25, 0.3) is 0 Å². The minimum absolute atomic E-state index is 0.277. The van der Waals surface area contributed by atoms with E-state index in [1.54, 1.807) is 0 Å². The summed E-state index contributed by atoms with van der Waals surface area (Å²) >= 11 is 10.8. The van der Waals surface area contributed by atoms with Crippen LogP contribution in [0.2, 0.25) is 10.0 Å². The van der Waals surface area contributed by atoms with E-state index in [1.165, 1.54) is 0 Å². The highest BCUT2D eigenvalue weighted by molar-refractivity contribution is 6.50. The van der Waals surface area contributed by atoms with E-state index in [4.69, 9.17) is 28.6 Å². The zero-order valence-corrected chi connectivity index (χ0v) is 10.0. The van der Waals surface area contributed by atoms with Crippen LogP contribution in [0.5, 0.6) is 0 Å². The average Bonchev–Trinajstić information content (AvgIpc) is 2.12. The molecular weight excluding hydrogens is 327 g/mol. The lowest BCUT2D eigenvalue weighted by atomic mass is 10.2. The molecular formula is C7H2BCl2F7N2. The summed E-state index contributed by atoms with van der Waals surface area (Å²) in [5, 5.41) is 7.66. The average molecular weight is 329 g/mol. The minimum atomic E-state index is -6.00. The van der Waals surface area contributed by atoms with Gasteiger partial charge in [-0.25, -0.2) is 0 Å². The van der Waals surface area contributed by atoms with Gasteiger partial charge in [-0.05, 0) is 12.1 Å². The van der Waals surface area contributed by atoms with Crippen molar-refractivity contribution in [3.8, 4) is 0 Å². The van der Waals surface area contributed by atoms with E-state index in [2.05, 4.69) is 4.98 Å². The molecule has 19 heavy (non-hydrogen) atoms. The molecule has 0 aliphatic rings. The first-order valence-electron chi connectivity index (χ1n) is 4.15. The van der Waals surface area contributed by atoms with Crippen LogP contribution in [0.3, 0.4) is 0 Å². The van der Waals surface area contributed by atoms with Gasteiger partial charge in [0.15, 0.2) is 4.98 Å². The first-order chi connectivity index (χ1) is 8.36. The Morgan fingerprint density at radius 3 is 1.53 bits per heavy atom. The minimum Gasteiger partial charge on any atom is -0.418 e. The van der Waals surface area contributed by atoms with Crippen LogP contribution in [0.25, 0.3) is 4.98 Å². The van der Waals surface area contributed by atoms with E-state index in [1.807, 2.05) is 0 Å². The molecule has 12 heteroatoms. The van der Waals surface area contributed by atoms with Gasteiger partial charge in [0.05, 0.1) is 5.56 Å². The Balaban J connectivity index is 0.000000555. The Morgan fingerprint density at radius 2 is 1.32 bits per heavy atom. The fourth-order valence-electron chi connectivity index (χ4n) is 0.825. The molecule has 0 saturated carbocycles. The van der Waals surface area contributed by atoms with Gasteiger partial charge in [-0.3, -0.25) is 0 Å². The number of alkyl halides is 3. The van der Waals surface area contributed by atoms with Crippen molar-refractivity contribution in [2.24, 2.45) is 0 Å². The van der Waals surface area contributed by atoms with Crippen molar-refractivity contribution >= 4 is 36.1 Å². The summed E-state index contributed by atoms with van der Waals surface area (Å²) in [5.41, 5.74) is -1.26. The third kappa shape index (κ3) is 7.08. The molecule has 0 unspecified atom stereocenters. The Hall–Kier alpha value is -1.21. The predicted molar refractivity (Wildman–Crippen MR) is 56.4 cm³/mol. The topological polar surface area (TPSA) is 28.1 Å². The molecule has 0 atom stereocenters. The zero-order chi connectivity index (χ0) is 15.4. The molecule has 1 aromatic rings. The maximum absolute atomic E-state index is 12.2. The quantitative estimate of drug-likeness (QED) is 0.336. The lowest BCUT2D eigenvalue weighted by Crippen LogP contribution is -2.04. The van der Waals surface area contributed by atoms with Crippen LogP contribution >= 0.6 is 23.2 Å². The summed E-state index contributed by atoms with van der Waals surface area (Å²) in [6.45, 7) is 0. The van der Waals surface area contributed by atoms with Gasteiger partial charge >= 0.3 is 19.1 Å². The summed E-state index contributed by atoms with van der Waals surface area (Å²) in [7, 11) is -6.00. The first-order valence-corrected chi connectivity index (χ1v) is 4.90. The van der Waals surface area contributed by atoms with Crippen molar-refractivity contribution in [1.29, 1.82) is 5.39 Å². The highest BCUT2D eigenvalue weighted by Crippen LogP contribution is 2.39. The predicted octanol–water partition coefficient (Wildman–Crippen LogP) is 5.80. The SMILES string of the molecule is F[B-](F)(F)F.N#[N+]c1c(Cl)cc(C(F)(F)F)cc1Cl. The van der Waals surface area contributed by atoms with Crippen LogP contribution in [0.15, 0.2) is 12.1 Å². The molecule has 0 spiro atoms. The van der Waals surface area contributed by atoms with Crippen molar-refractivity contribution in [3.63, 3.8) is 0 Å². The monoisotopic (exact) mass is 328 g/mol. The molecule has 0 N–H and O–H groups in total. The van der Waals surface area contributed by atoms with E-state index in [0.717, 1.165) is 0 Å². The van der Waals surface area contributed by atoms with Crippen LogP contribution in [-0.2, 0) is 6.18 Å². The largest absolute Gasteiger partial charge is 0.673 e. The molecule has 106 valence electrons. The Kier molecular flexibility index (Phi) is 5.90. The number of hydrogen-bond donors (Lipinski definition) is 0. The van der Waals surface area contributed by atoms with Crippen LogP contribution in [0.1, 0.15) is 5.56 Å². The molecule has 0 radical (unpaired) electrons. The van der Waals surface area contributed by atoms with E-state index < -0.39 is 19.0 Å². The number of nitrogens with zero attached hydrogens (tertiary/aromatic N) is 2. The molecule has 0 aliphatic heterocycles. The second-order valence-corrected chi connectivity index (χ2v) is 3.70. The standard InChI is InChI=1S/C7H2Cl2F3N2.BF4/c8-4-1-3(7(10,11)12)2-5(9)6(4)14-13;2-1(3,4)5/h1-2H;/q+1;-1. The van der Waals surface area contributed by atoms with Gasteiger partial charge in [0.2, 0.25) is 5.39 Å². The third-order valence-electron chi connectivity index (χ3n) is 1.44. The Labute approximate surface area is 111 Å². The van der Waals surface area contributed by atoms with Gasteiger partial charge < -0.3 is 17.3 Å². The van der Waals surface area contributed by atoms with Crippen molar-refractivity contribution in [2.45, 2.75) is 6.18 Å². The number of hydrogen-bond acceptors (Lipinski definition) is 1. The van der Waals surface area contributed by atoms with Crippen molar-refractivity contribution in [1.82, 2.24) is 0 Å². The maximum Gasteiger partial charge on any atom is 0.673 e. The van der Waals surface area contributed by atoms with Crippen molar-refractivity contribution in [3.05, 3.63) is 32.7 Å². The Morgan fingerprint density at radius 1 is 1.00 bits per heavy atom. The van der Waals surface area contributed by atoms with Gasteiger partial charge in [-0.1, -0.05) is 23.2 Å². The summed E-state index contributed by atoms with van der Waals surface area (Å²) in [5.74, 6) is 0. The third-order valence-corrected chi connectivity index (χ3v) is 2.02. The number of rotatable bonds is 0. The number of benzene rings is 1. The summed E-state index contributed by atoms with van der Waals surface area (Å²) in [6, 6.07) is 1.28. The van der Waals surface area contributed by atoms with Crippen LogP contribution < -0.4 is 0 Å². The fraction of sp³-hybridized carbons (Fsp3) is 0.143. The highest BCUT2D eigenvalue weighted by atomic mass is 35.5. The molecule has 1 aromatic carbocycles. The molecule has 0 amide bonds. The van der Waals surface area contributed by atoms with E-state index >= 15 is 0 Å². The summed E-state index contributed by atoms with van der Waals surface area (Å²) < 4.78 is 75.5. The van der Waals surface area contributed by atoms with Crippen LogP contribution in [0, 0.1) is 5.39 Å². The fourth-order valence-corrected chi connectivity index (χ4v) is 1.39. The molecule has 0 aromatic heterocycles. The Bertz CT molecular complexity index is 465. The van der Waals surface area contributed by atoms with Crippen LogP contribution in [-0.4, -0.2) is 7.25 Å². The second kappa shape index (κ2) is 6.30. The molecule has 0 fully saturated rings. The maximum atomic E-state index is 12.2. The second-order valence-electron chi connectivity index (χ2n) is 2.88. The van der Waals surface area contributed by atoms with Gasteiger partial charge in [0, 0.05) is 0 Å².